The van der Waals surface area contributed by atoms with E-state index in [0.29, 0.717) is 12.5 Å². The lowest BCUT2D eigenvalue weighted by Crippen LogP contribution is -2.09. The molecule has 0 bridgehead atoms. The van der Waals surface area contributed by atoms with Crippen LogP contribution in [0.5, 0.6) is 0 Å². The molecule has 0 saturated carbocycles. The van der Waals surface area contributed by atoms with Crippen molar-refractivity contribution in [3.63, 3.8) is 0 Å². The highest BCUT2D eigenvalue weighted by Crippen LogP contribution is 2.26. The van der Waals surface area contributed by atoms with E-state index in [2.05, 4.69) is 5.32 Å². The zero-order valence-electron chi connectivity index (χ0n) is 9.22. The number of carbonyl (C=O) groups is 1. The van der Waals surface area contributed by atoms with Crippen LogP contribution in [-0.2, 0) is 0 Å². The van der Waals surface area contributed by atoms with Crippen molar-refractivity contribution < 1.29 is 24.3 Å². The second kappa shape index (κ2) is 5.92. The van der Waals surface area contributed by atoms with Gasteiger partial charge in [-0.2, -0.15) is 0 Å². The average Bonchev–Trinajstić information content (AvgIpc) is 2.30. The van der Waals surface area contributed by atoms with Gasteiger partial charge in [-0.3, -0.25) is 10.1 Å². The van der Waals surface area contributed by atoms with Crippen LogP contribution in [0.25, 0.3) is 0 Å². The number of carboxylic acid groups (broad SMARTS) is 1. The van der Waals surface area contributed by atoms with Crippen LogP contribution in [0.3, 0.4) is 0 Å². The van der Waals surface area contributed by atoms with Crippen molar-refractivity contribution >= 4 is 17.3 Å². The van der Waals surface area contributed by atoms with Crippen LogP contribution in [0.2, 0.25) is 0 Å². The summed E-state index contributed by atoms with van der Waals surface area (Å²) in [6, 6.07) is 1.43. The number of aliphatic hydroxyl groups excluding tert-OH is 1. The number of hydrogen-bond acceptors (Lipinski definition) is 5. The Labute approximate surface area is 101 Å². The van der Waals surface area contributed by atoms with Crippen LogP contribution in [0.15, 0.2) is 12.1 Å². The van der Waals surface area contributed by atoms with Gasteiger partial charge in [0.25, 0.3) is 5.69 Å². The predicted molar refractivity (Wildman–Crippen MR) is 60.2 cm³/mol. The Morgan fingerprint density at radius 1 is 1.50 bits per heavy atom. The summed E-state index contributed by atoms with van der Waals surface area (Å²) < 4.78 is 13.5. The number of nitrogens with one attached hydrogen (secondary N) is 1. The molecule has 0 atom stereocenters. The quantitative estimate of drug-likeness (QED) is 0.402. The van der Waals surface area contributed by atoms with Crippen LogP contribution in [0.4, 0.5) is 15.8 Å². The van der Waals surface area contributed by atoms with Gasteiger partial charge >= 0.3 is 5.97 Å². The van der Waals surface area contributed by atoms with Crippen molar-refractivity contribution in [1.82, 2.24) is 0 Å². The van der Waals surface area contributed by atoms with Gasteiger partial charge in [0.1, 0.15) is 5.56 Å². The maximum atomic E-state index is 13.5. The molecule has 0 aliphatic rings. The van der Waals surface area contributed by atoms with E-state index in [9.17, 15) is 19.3 Å². The maximum Gasteiger partial charge on any atom is 0.342 e. The fourth-order valence-electron chi connectivity index (χ4n) is 1.32. The SMILES string of the molecule is O=C(O)c1cc(NCCCO)c(F)cc1[N+](=O)[O-]. The van der Waals surface area contributed by atoms with E-state index in [-0.39, 0.29) is 18.8 Å². The standard InChI is InChI=1S/C10H11FN2O5/c11-7-5-9(13(17)18)6(10(15)16)4-8(7)12-2-1-3-14/h4-5,12,14H,1-3H2,(H,15,16). The van der Waals surface area contributed by atoms with Gasteiger partial charge in [0.2, 0.25) is 0 Å². The normalized spacial score (nSPS) is 10.1. The molecule has 98 valence electrons. The van der Waals surface area contributed by atoms with Gasteiger partial charge < -0.3 is 15.5 Å². The van der Waals surface area contributed by atoms with E-state index in [0.717, 1.165) is 6.07 Å². The van der Waals surface area contributed by atoms with Crippen LogP contribution in [-0.4, -0.2) is 34.3 Å². The number of halogens is 1. The molecule has 7 nitrogen and oxygen atoms in total. The van der Waals surface area contributed by atoms with E-state index in [4.69, 9.17) is 10.2 Å². The Hall–Kier alpha value is -2.22. The minimum atomic E-state index is -1.51. The molecule has 0 fully saturated rings. The fourth-order valence-corrected chi connectivity index (χ4v) is 1.32. The molecule has 8 heteroatoms. The lowest BCUT2D eigenvalue weighted by atomic mass is 10.1. The molecule has 0 saturated heterocycles. The molecule has 0 aliphatic heterocycles. The second-order valence-electron chi connectivity index (χ2n) is 3.42. The minimum absolute atomic E-state index is 0.104. The van der Waals surface area contributed by atoms with Crippen LogP contribution < -0.4 is 5.32 Å². The molecule has 1 aromatic rings. The molecule has 0 radical (unpaired) electrons. The van der Waals surface area contributed by atoms with Crippen molar-refractivity contribution in [2.24, 2.45) is 0 Å². The first-order valence-electron chi connectivity index (χ1n) is 5.03. The maximum absolute atomic E-state index is 13.5. The molecule has 0 unspecified atom stereocenters. The average molecular weight is 258 g/mol. The van der Waals surface area contributed by atoms with Gasteiger partial charge in [-0.15, -0.1) is 0 Å². The van der Waals surface area contributed by atoms with Gasteiger partial charge in [-0.05, 0) is 12.5 Å². The third kappa shape index (κ3) is 3.14. The van der Waals surface area contributed by atoms with Crippen LogP contribution >= 0.6 is 0 Å². The Balaban J connectivity index is 3.11. The topological polar surface area (TPSA) is 113 Å². The van der Waals surface area contributed by atoms with Gasteiger partial charge in [0, 0.05) is 13.2 Å². The first kappa shape index (κ1) is 13.8. The van der Waals surface area contributed by atoms with Gasteiger partial charge in [0.05, 0.1) is 16.7 Å². The zero-order chi connectivity index (χ0) is 13.7. The molecule has 1 aromatic carbocycles. The number of aromatic carboxylic acids is 1. The van der Waals surface area contributed by atoms with Gasteiger partial charge in [-0.1, -0.05) is 0 Å². The summed E-state index contributed by atoms with van der Waals surface area (Å²) in [5.41, 5.74) is -1.54. The molecule has 0 aromatic heterocycles. The smallest absolute Gasteiger partial charge is 0.342 e. The minimum Gasteiger partial charge on any atom is -0.477 e. The number of nitro groups is 1. The Kier molecular flexibility index (Phi) is 4.55. The number of hydrogen-bond donors (Lipinski definition) is 3. The van der Waals surface area contributed by atoms with Crippen molar-refractivity contribution in [3.8, 4) is 0 Å². The fraction of sp³-hybridized carbons (Fsp3) is 0.300. The number of rotatable bonds is 6. The third-order valence-electron chi connectivity index (χ3n) is 2.16. The molecule has 0 heterocycles. The van der Waals surface area contributed by atoms with Crippen molar-refractivity contribution in [2.45, 2.75) is 6.42 Å². The highest BCUT2D eigenvalue weighted by atomic mass is 19.1. The van der Waals surface area contributed by atoms with E-state index in [1.165, 1.54) is 0 Å². The summed E-state index contributed by atoms with van der Waals surface area (Å²) in [6.07, 6.45) is 0.346. The Morgan fingerprint density at radius 2 is 2.17 bits per heavy atom. The van der Waals surface area contributed by atoms with E-state index < -0.39 is 28.0 Å². The summed E-state index contributed by atoms with van der Waals surface area (Å²) in [4.78, 5) is 20.4. The molecular formula is C10H11FN2O5. The van der Waals surface area contributed by atoms with E-state index >= 15 is 0 Å². The number of anilines is 1. The summed E-state index contributed by atoms with van der Waals surface area (Å²) in [5, 5.41) is 30.5. The summed E-state index contributed by atoms with van der Waals surface area (Å²) in [6.45, 7) is 0.123. The second-order valence-corrected chi connectivity index (χ2v) is 3.42. The zero-order valence-corrected chi connectivity index (χ0v) is 9.22. The largest absolute Gasteiger partial charge is 0.477 e. The summed E-state index contributed by atoms with van der Waals surface area (Å²) in [5.74, 6) is -2.42. The molecular weight excluding hydrogens is 247 g/mol. The number of carboxylic acids is 1. The lowest BCUT2D eigenvalue weighted by Gasteiger charge is -2.08. The van der Waals surface area contributed by atoms with Crippen molar-refractivity contribution in [2.75, 3.05) is 18.5 Å². The number of nitro benzene ring substituents is 1. The summed E-state index contributed by atoms with van der Waals surface area (Å²) in [7, 11) is 0. The molecule has 0 spiro atoms. The Bertz CT molecular complexity index is 478. The molecule has 1 rings (SSSR count). The molecule has 0 amide bonds. The molecule has 18 heavy (non-hydrogen) atoms. The van der Waals surface area contributed by atoms with Crippen molar-refractivity contribution in [3.05, 3.63) is 33.6 Å². The number of benzene rings is 1. The first-order valence-corrected chi connectivity index (χ1v) is 5.03. The van der Waals surface area contributed by atoms with Crippen LogP contribution in [0.1, 0.15) is 16.8 Å². The van der Waals surface area contributed by atoms with Gasteiger partial charge in [-0.25, -0.2) is 9.18 Å². The monoisotopic (exact) mass is 258 g/mol. The molecule has 0 aliphatic carbocycles. The lowest BCUT2D eigenvalue weighted by molar-refractivity contribution is -0.385. The predicted octanol–water partition coefficient (Wildman–Crippen LogP) is 1.23. The van der Waals surface area contributed by atoms with Crippen LogP contribution in [0, 0.1) is 15.9 Å². The Morgan fingerprint density at radius 3 is 2.67 bits per heavy atom. The molecule has 3 N–H and O–H groups in total. The number of aliphatic hydroxyl groups is 1. The summed E-state index contributed by atoms with van der Waals surface area (Å²) >= 11 is 0. The number of nitrogens with zero attached hydrogens (tertiary/aromatic N) is 1. The van der Waals surface area contributed by atoms with E-state index in [1.807, 2.05) is 0 Å². The van der Waals surface area contributed by atoms with E-state index in [1.54, 1.807) is 0 Å². The highest BCUT2D eigenvalue weighted by Gasteiger charge is 2.23. The van der Waals surface area contributed by atoms with Crippen molar-refractivity contribution in [1.29, 1.82) is 0 Å². The highest BCUT2D eigenvalue weighted by molar-refractivity contribution is 5.93. The van der Waals surface area contributed by atoms with Gasteiger partial charge in [0.15, 0.2) is 5.82 Å². The first-order chi connectivity index (χ1) is 8.47. The third-order valence-corrected chi connectivity index (χ3v) is 2.16.